The number of nitrogens with zero attached hydrogens (tertiary/aromatic N) is 1. The normalized spacial score (nSPS) is 15.4. The van der Waals surface area contributed by atoms with E-state index in [9.17, 15) is 9.18 Å². The van der Waals surface area contributed by atoms with Crippen LogP contribution in [-0.2, 0) is 4.74 Å². The summed E-state index contributed by atoms with van der Waals surface area (Å²) in [4.78, 5) is 14.9. The van der Waals surface area contributed by atoms with Crippen LogP contribution in [0, 0.1) is 5.82 Å². The third kappa shape index (κ3) is 5.80. The molecule has 1 N–H and O–H groups in total. The molecule has 0 aliphatic carbocycles. The monoisotopic (exact) mass is 470 g/mol. The van der Waals surface area contributed by atoms with Crippen molar-refractivity contribution in [2.75, 3.05) is 46.6 Å². The molecule has 0 spiro atoms. The predicted octanol–water partition coefficient (Wildman–Crippen LogP) is 4.34. The van der Waals surface area contributed by atoms with Gasteiger partial charge in [0.05, 0.1) is 48.6 Å². The first-order chi connectivity index (χ1) is 14.9. The van der Waals surface area contributed by atoms with Gasteiger partial charge in [-0.1, -0.05) is 29.3 Å². The second-order valence-electron chi connectivity index (χ2n) is 6.96. The number of ether oxygens (including phenoxy) is 3. The van der Waals surface area contributed by atoms with E-state index in [1.807, 2.05) is 25.1 Å². The van der Waals surface area contributed by atoms with E-state index in [0.29, 0.717) is 44.4 Å². The van der Waals surface area contributed by atoms with Crippen LogP contribution in [0.2, 0.25) is 10.0 Å². The number of rotatable bonds is 8. The number of hydrogen-bond acceptors (Lipinski definition) is 5. The smallest absolute Gasteiger partial charge is 0.252 e. The maximum absolute atomic E-state index is 13.8. The third-order valence-corrected chi connectivity index (χ3v) is 5.67. The van der Waals surface area contributed by atoms with Gasteiger partial charge >= 0.3 is 0 Å². The zero-order valence-corrected chi connectivity index (χ0v) is 18.9. The van der Waals surface area contributed by atoms with E-state index < -0.39 is 11.7 Å². The third-order valence-electron chi connectivity index (χ3n) is 5.07. The lowest BCUT2D eigenvalue weighted by Gasteiger charge is -2.35. The van der Waals surface area contributed by atoms with Crippen molar-refractivity contribution in [1.29, 1.82) is 0 Å². The van der Waals surface area contributed by atoms with Gasteiger partial charge in [0.25, 0.3) is 5.91 Å². The van der Waals surface area contributed by atoms with Gasteiger partial charge in [-0.25, -0.2) is 4.39 Å². The van der Waals surface area contributed by atoms with Gasteiger partial charge < -0.3 is 19.5 Å². The van der Waals surface area contributed by atoms with Crippen LogP contribution in [0.5, 0.6) is 11.5 Å². The summed E-state index contributed by atoms with van der Waals surface area (Å²) >= 11 is 11.8. The van der Waals surface area contributed by atoms with E-state index in [1.165, 1.54) is 6.07 Å². The highest BCUT2D eigenvalue weighted by molar-refractivity contribution is 6.36. The summed E-state index contributed by atoms with van der Waals surface area (Å²) in [5.74, 6) is 0.0996. The van der Waals surface area contributed by atoms with Crippen molar-refractivity contribution >= 4 is 29.1 Å². The van der Waals surface area contributed by atoms with Gasteiger partial charge in [-0.15, -0.1) is 0 Å². The molecule has 2 aromatic carbocycles. The minimum atomic E-state index is -0.697. The maximum Gasteiger partial charge on any atom is 0.252 e. The number of methoxy groups -OCH3 is 1. The molecule has 168 valence electrons. The molecule has 1 atom stereocenters. The Morgan fingerprint density at radius 1 is 1.19 bits per heavy atom. The number of hydrogen-bond donors (Lipinski definition) is 1. The minimum absolute atomic E-state index is 0.0357. The number of morpholine rings is 1. The van der Waals surface area contributed by atoms with Gasteiger partial charge in [0.2, 0.25) is 0 Å². The molecule has 1 aliphatic rings. The van der Waals surface area contributed by atoms with E-state index in [4.69, 9.17) is 37.4 Å². The van der Waals surface area contributed by atoms with Crippen molar-refractivity contribution in [3.05, 3.63) is 57.3 Å². The number of amides is 1. The van der Waals surface area contributed by atoms with Gasteiger partial charge in [0, 0.05) is 19.6 Å². The molecule has 6 nitrogen and oxygen atoms in total. The molecule has 0 saturated carbocycles. The van der Waals surface area contributed by atoms with E-state index >= 15 is 0 Å². The zero-order valence-electron chi connectivity index (χ0n) is 17.4. The summed E-state index contributed by atoms with van der Waals surface area (Å²) < 4.78 is 30.4. The summed E-state index contributed by atoms with van der Waals surface area (Å²) in [6, 6.07) is 7.85. The van der Waals surface area contributed by atoms with Crippen molar-refractivity contribution < 1.29 is 23.4 Å². The fourth-order valence-corrected chi connectivity index (χ4v) is 3.96. The highest BCUT2D eigenvalue weighted by Crippen LogP contribution is 2.32. The predicted molar refractivity (Wildman–Crippen MR) is 118 cm³/mol. The second-order valence-corrected chi connectivity index (χ2v) is 7.78. The highest BCUT2D eigenvalue weighted by Gasteiger charge is 2.25. The van der Waals surface area contributed by atoms with Gasteiger partial charge in [-0.05, 0) is 36.8 Å². The average Bonchev–Trinajstić information content (AvgIpc) is 2.78. The van der Waals surface area contributed by atoms with Crippen LogP contribution in [0.3, 0.4) is 0 Å². The standard InChI is InChI=1S/C22H25Cl2FN2O4/c1-3-31-20-5-4-14(10-21(20)29-2)19(27-6-8-30-9-7-27)13-26-22(28)15-11-18(25)17(24)12-16(15)23/h4-5,10-12,19H,3,6-9,13H2,1-2H3,(H,26,28). The van der Waals surface area contributed by atoms with Crippen molar-refractivity contribution in [3.63, 3.8) is 0 Å². The Balaban J connectivity index is 1.83. The van der Waals surface area contributed by atoms with Crippen LogP contribution in [0.25, 0.3) is 0 Å². The number of carbonyl (C=O) groups is 1. The van der Waals surface area contributed by atoms with Crippen molar-refractivity contribution in [2.24, 2.45) is 0 Å². The number of benzene rings is 2. The molecular weight excluding hydrogens is 446 g/mol. The van der Waals surface area contributed by atoms with Crippen LogP contribution < -0.4 is 14.8 Å². The topological polar surface area (TPSA) is 60.0 Å². The first kappa shape index (κ1) is 23.6. The second kappa shape index (κ2) is 11.0. The summed E-state index contributed by atoms with van der Waals surface area (Å²) in [6.07, 6.45) is 0. The Bertz CT molecular complexity index is 923. The van der Waals surface area contributed by atoms with Crippen molar-refractivity contribution in [3.8, 4) is 11.5 Å². The molecule has 1 saturated heterocycles. The van der Waals surface area contributed by atoms with Crippen LogP contribution in [0.4, 0.5) is 4.39 Å². The summed E-state index contributed by atoms with van der Waals surface area (Å²) in [5.41, 5.74) is 0.990. The molecule has 9 heteroatoms. The molecule has 0 bridgehead atoms. The molecule has 1 heterocycles. The molecule has 0 radical (unpaired) electrons. The summed E-state index contributed by atoms with van der Waals surface area (Å²) in [6.45, 7) is 5.36. The first-order valence-electron chi connectivity index (χ1n) is 9.99. The minimum Gasteiger partial charge on any atom is -0.493 e. The SMILES string of the molecule is CCOc1ccc(C(CNC(=O)c2cc(F)c(Cl)cc2Cl)N2CCOCC2)cc1OC. The number of nitrogens with one attached hydrogen (secondary N) is 1. The van der Waals surface area contributed by atoms with Crippen molar-refractivity contribution in [1.82, 2.24) is 10.2 Å². The van der Waals surface area contributed by atoms with Crippen LogP contribution in [-0.4, -0.2) is 57.4 Å². The average molecular weight is 471 g/mol. The molecule has 31 heavy (non-hydrogen) atoms. The quantitative estimate of drug-likeness (QED) is 0.581. The Morgan fingerprint density at radius 2 is 1.94 bits per heavy atom. The lowest BCUT2D eigenvalue weighted by Crippen LogP contribution is -2.43. The summed E-state index contributed by atoms with van der Waals surface area (Å²) in [5, 5.41) is 2.83. The molecule has 1 unspecified atom stereocenters. The van der Waals surface area contributed by atoms with Crippen LogP contribution >= 0.6 is 23.2 Å². The van der Waals surface area contributed by atoms with Gasteiger partial charge in [-0.3, -0.25) is 9.69 Å². The molecule has 1 fully saturated rings. The van der Waals surface area contributed by atoms with Gasteiger partial charge in [-0.2, -0.15) is 0 Å². The largest absolute Gasteiger partial charge is 0.493 e. The molecular formula is C22H25Cl2FN2O4. The fourth-order valence-electron chi connectivity index (χ4n) is 3.49. The lowest BCUT2D eigenvalue weighted by molar-refractivity contribution is 0.0162. The Hall–Kier alpha value is -2.06. The molecule has 1 amide bonds. The van der Waals surface area contributed by atoms with Crippen LogP contribution in [0.15, 0.2) is 30.3 Å². The van der Waals surface area contributed by atoms with E-state index in [1.54, 1.807) is 7.11 Å². The first-order valence-corrected chi connectivity index (χ1v) is 10.8. The highest BCUT2D eigenvalue weighted by atomic mass is 35.5. The Labute approximate surface area is 191 Å². The summed E-state index contributed by atoms with van der Waals surface area (Å²) in [7, 11) is 1.59. The number of halogens is 3. The lowest BCUT2D eigenvalue weighted by atomic mass is 10.0. The maximum atomic E-state index is 13.8. The van der Waals surface area contributed by atoms with Gasteiger partial charge in [0.1, 0.15) is 5.82 Å². The molecule has 3 rings (SSSR count). The van der Waals surface area contributed by atoms with E-state index in [2.05, 4.69) is 10.2 Å². The van der Waals surface area contributed by atoms with E-state index in [-0.39, 0.29) is 28.2 Å². The van der Waals surface area contributed by atoms with Crippen LogP contribution in [0.1, 0.15) is 28.9 Å². The molecule has 0 aromatic heterocycles. The molecule has 1 aliphatic heterocycles. The Kier molecular flexibility index (Phi) is 8.37. The fraction of sp³-hybridized carbons (Fsp3) is 0.409. The van der Waals surface area contributed by atoms with Gasteiger partial charge in [0.15, 0.2) is 11.5 Å². The zero-order chi connectivity index (χ0) is 22.4. The van der Waals surface area contributed by atoms with E-state index in [0.717, 1.165) is 11.6 Å². The van der Waals surface area contributed by atoms with Crippen molar-refractivity contribution in [2.45, 2.75) is 13.0 Å². The molecule has 2 aromatic rings. The Morgan fingerprint density at radius 3 is 2.61 bits per heavy atom. The number of carbonyl (C=O) groups excluding carboxylic acids is 1.